The summed E-state index contributed by atoms with van der Waals surface area (Å²) in [6.45, 7) is 11.4. The number of piperazine rings is 1. The zero-order chi connectivity index (χ0) is 21.2. The fourth-order valence-electron chi connectivity index (χ4n) is 3.71. The van der Waals surface area contributed by atoms with Crippen molar-refractivity contribution < 1.29 is 14.6 Å². The van der Waals surface area contributed by atoms with Gasteiger partial charge in [0.15, 0.2) is 0 Å². The van der Waals surface area contributed by atoms with Crippen molar-refractivity contribution in [3.63, 3.8) is 0 Å². The van der Waals surface area contributed by atoms with Crippen LogP contribution < -0.4 is 4.74 Å². The van der Waals surface area contributed by atoms with E-state index in [-0.39, 0.29) is 0 Å². The molecule has 1 saturated heterocycles. The van der Waals surface area contributed by atoms with Crippen molar-refractivity contribution >= 4 is 0 Å². The lowest BCUT2D eigenvalue weighted by Crippen LogP contribution is -2.48. The van der Waals surface area contributed by atoms with E-state index in [1.54, 1.807) is 0 Å². The summed E-state index contributed by atoms with van der Waals surface area (Å²) < 4.78 is 11.3. The number of hydrogen-bond donors (Lipinski definition) is 1. The van der Waals surface area contributed by atoms with Crippen LogP contribution in [0.3, 0.4) is 0 Å². The Kier molecular flexibility index (Phi) is 9.15. The van der Waals surface area contributed by atoms with Crippen LogP contribution in [0, 0.1) is 0 Å². The Bertz CT molecular complexity index is 713. The minimum Gasteiger partial charge on any atom is -0.491 e. The molecular weight excluding hydrogens is 376 g/mol. The van der Waals surface area contributed by atoms with Crippen LogP contribution in [0.5, 0.6) is 5.75 Å². The van der Waals surface area contributed by atoms with Gasteiger partial charge in [0.2, 0.25) is 0 Å². The second-order valence-corrected chi connectivity index (χ2v) is 8.36. The first-order valence-corrected chi connectivity index (χ1v) is 11.1. The smallest absolute Gasteiger partial charge is 0.119 e. The molecule has 5 nitrogen and oxygen atoms in total. The average Bonchev–Trinajstić information content (AvgIpc) is 2.76. The molecule has 5 heteroatoms. The maximum atomic E-state index is 10.3. The molecular formula is C25H36N2O3. The molecule has 0 aromatic heterocycles. The topological polar surface area (TPSA) is 45.2 Å². The second kappa shape index (κ2) is 12.1. The van der Waals surface area contributed by atoms with Crippen LogP contribution in [0.1, 0.15) is 30.9 Å². The Morgan fingerprint density at radius 3 is 2.20 bits per heavy atom. The van der Waals surface area contributed by atoms with Gasteiger partial charge in [-0.25, -0.2) is 0 Å². The van der Waals surface area contributed by atoms with E-state index in [0.29, 0.717) is 32.3 Å². The van der Waals surface area contributed by atoms with Crippen LogP contribution in [0.25, 0.3) is 0 Å². The maximum Gasteiger partial charge on any atom is 0.119 e. The lowest BCUT2D eigenvalue weighted by molar-refractivity contribution is -0.000436. The van der Waals surface area contributed by atoms with Crippen LogP contribution in [0.4, 0.5) is 0 Å². The summed E-state index contributed by atoms with van der Waals surface area (Å²) in [7, 11) is 0. The molecule has 30 heavy (non-hydrogen) atoms. The SMILES string of the molecule is CC(C)c1ccc(OCCOCC(O)CN2CCN(Cc3ccccc3)CC2)cc1. The predicted molar refractivity (Wildman–Crippen MR) is 121 cm³/mol. The monoisotopic (exact) mass is 412 g/mol. The quantitative estimate of drug-likeness (QED) is 0.573. The summed E-state index contributed by atoms with van der Waals surface area (Å²) in [6, 6.07) is 18.8. The Labute approximate surface area is 181 Å². The van der Waals surface area contributed by atoms with Crippen molar-refractivity contribution in [3.05, 3.63) is 65.7 Å². The molecule has 1 atom stereocenters. The van der Waals surface area contributed by atoms with Crippen molar-refractivity contribution in [2.75, 3.05) is 52.5 Å². The van der Waals surface area contributed by atoms with Gasteiger partial charge in [0.25, 0.3) is 0 Å². The first-order chi connectivity index (χ1) is 14.6. The molecule has 0 amide bonds. The zero-order valence-corrected chi connectivity index (χ0v) is 18.4. The molecule has 1 aliphatic heterocycles. The van der Waals surface area contributed by atoms with Crippen LogP contribution in [0.15, 0.2) is 54.6 Å². The van der Waals surface area contributed by atoms with Crippen molar-refractivity contribution in [2.24, 2.45) is 0 Å². The van der Waals surface area contributed by atoms with Gasteiger partial charge in [-0.05, 0) is 29.2 Å². The lowest BCUT2D eigenvalue weighted by atomic mass is 10.0. The Balaban J connectivity index is 1.24. The van der Waals surface area contributed by atoms with E-state index in [1.807, 2.05) is 12.1 Å². The Morgan fingerprint density at radius 1 is 0.867 bits per heavy atom. The number of β-amino-alcohol motifs (C(OH)–C–C–N with tert-alkyl or cyclic N) is 1. The molecule has 0 radical (unpaired) electrons. The molecule has 2 aromatic rings. The highest BCUT2D eigenvalue weighted by Crippen LogP contribution is 2.18. The molecule has 1 unspecified atom stereocenters. The number of rotatable bonds is 11. The standard InChI is InChI=1S/C25H36N2O3/c1-21(2)23-8-10-25(11-9-23)30-17-16-29-20-24(28)19-27-14-12-26(13-15-27)18-22-6-4-3-5-7-22/h3-11,21,24,28H,12-20H2,1-2H3. The fraction of sp³-hybridized carbons (Fsp3) is 0.520. The molecule has 164 valence electrons. The zero-order valence-electron chi connectivity index (χ0n) is 18.4. The van der Waals surface area contributed by atoms with Crippen molar-refractivity contribution in [2.45, 2.75) is 32.4 Å². The minimum atomic E-state index is -0.462. The van der Waals surface area contributed by atoms with Crippen LogP contribution in [-0.4, -0.2) is 73.6 Å². The summed E-state index contributed by atoms with van der Waals surface area (Å²) in [5, 5.41) is 10.3. The summed E-state index contributed by atoms with van der Waals surface area (Å²) in [5.41, 5.74) is 2.67. The third-order valence-electron chi connectivity index (χ3n) is 5.54. The van der Waals surface area contributed by atoms with Crippen molar-refractivity contribution in [1.82, 2.24) is 9.80 Å². The lowest BCUT2D eigenvalue weighted by Gasteiger charge is -2.35. The van der Waals surface area contributed by atoms with Crippen LogP contribution in [0.2, 0.25) is 0 Å². The summed E-state index contributed by atoms with van der Waals surface area (Å²) in [4.78, 5) is 4.79. The molecule has 0 spiro atoms. The highest BCUT2D eigenvalue weighted by molar-refractivity contribution is 5.28. The molecule has 0 bridgehead atoms. The third kappa shape index (κ3) is 7.73. The molecule has 1 N–H and O–H groups in total. The summed E-state index contributed by atoms with van der Waals surface area (Å²) in [6.07, 6.45) is -0.462. The van der Waals surface area contributed by atoms with Gasteiger partial charge in [0.05, 0.1) is 19.3 Å². The molecule has 1 fully saturated rings. The molecule has 3 rings (SSSR count). The van der Waals surface area contributed by atoms with Crippen molar-refractivity contribution in [3.8, 4) is 5.75 Å². The molecule has 2 aromatic carbocycles. The second-order valence-electron chi connectivity index (χ2n) is 8.36. The van der Waals surface area contributed by atoms with Gasteiger partial charge in [-0.15, -0.1) is 0 Å². The summed E-state index contributed by atoms with van der Waals surface area (Å²) in [5.74, 6) is 1.38. The van der Waals surface area contributed by atoms with Gasteiger partial charge in [0.1, 0.15) is 12.4 Å². The van der Waals surface area contributed by atoms with Crippen LogP contribution >= 0.6 is 0 Å². The Hall–Kier alpha value is -1.92. The van der Waals surface area contributed by atoms with E-state index < -0.39 is 6.10 Å². The number of ether oxygens (including phenoxy) is 2. The molecule has 1 aliphatic rings. The van der Waals surface area contributed by atoms with Gasteiger partial charge in [-0.2, -0.15) is 0 Å². The molecule has 0 aliphatic carbocycles. The first kappa shape index (κ1) is 22.8. The fourth-order valence-corrected chi connectivity index (χ4v) is 3.71. The van der Waals surface area contributed by atoms with Gasteiger partial charge >= 0.3 is 0 Å². The number of benzene rings is 2. The van der Waals surface area contributed by atoms with E-state index >= 15 is 0 Å². The average molecular weight is 413 g/mol. The van der Waals surface area contributed by atoms with Crippen LogP contribution in [-0.2, 0) is 11.3 Å². The maximum absolute atomic E-state index is 10.3. The third-order valence-corrected chi connectivity index (χ3v) is 5.54. The molecule has 0 saturated carbocycles. The van der Waals surface area contributed by atoms with E-state index in [4.69, 9.17) is 9.47 Å². The van der Waals surface area contributed by atoms with Crippen molar-refractivity contribution in [1.29, 1.82) is 0 Å². The highest BCUT2D eigenvalue weighted by atomic mass is 16.5. The normalized spacial score (nSPS) is 16.7. The summed E-state index contributed by atoms with van der Waals surface area (Å²) >= 11 is 0. The van der Waals surface area contributed by atoms with Gasteiger partial charge in [0, 0.05) is 39.3 Å². The molecule has 1 heterocycles. The minimum absolute atomic E-state index is 0.347. The van der Waals surface area contributed by atoms with E-state index in [2.05, 4.69) is 66.1 Å². The number of aliphatic hydroxyl groups is 1. The van der Waals surface area contributed by atoms with E-state index in [1.165, 1.54) is 11.1 Å². The predicted octanol–water partition coefficient (Wildman–Crippen LogP) is 3.38. The van der Waals surface area contributed by atoms with E-state index in [9.17, 15) is 5.11 Å². The highest BCUT2D eigenvalue weighted by Gasteiger charge is 2.19. The van der Waals surface area contributed by atoms with Gasteiger partial charge < -0.3 is 14.6 Å². The first-order valence-electron chi connectivity index (χ1n) is 11.1. The van der Waals surface area contributed by atoms with Gasteiger partial charge in [-0.3, -0.25) is 9.80 Å². The van der Waals surface area contributed by atoms with Gasteiger partial charge in [-0.1, -0.05) is 56.3 Å². The number of aliphatic hydroxyl groups excluding tert-OH is 1. The van der Waals surface area contributed by atoms with E-state index in [0.717, 1.165) is 38.5 Å². The number of hydrogen-bond acceptors (Lipinski definition) is 5. The Morgan fingerprint density at radius 2 is 1.53 bits per heavy atom. The number of nitrogens with zero attached hydrogens (tertiary/aromatic N) is 2. The largest absolute Gasteiger partial charge is 0.491 e.